The summed E-state index contributed by atoms with van der Waals surface area (Å²) in [6, 6.07) is 21.7. The highest BCUT2D eigenvalue weighted by Crippen LogP contribution is 2.61. The third kappa shape index (κ3) is 5.09. The Morgan fingerprint density at radius 1 is 0.545 bits per heavy atom. The van der Waals surface area contributed by atoms with Gasteiger partial charge in [0.25, 0.3) is 0 Å². The maximum Gasteiger partial charge on any atom is 0.136 e. The molecule has 6 rings (SSSR count). The second-order valence-corrected chi connectivity index (χ2v) is 19.5. The van der Waals surface area contributed by atoms with Crippen LogP contribution in [0.15, 0.2) is 60.7 Å². The van der Waals surface area contributed by atoms with Gasteiger partial charge in [-0.25, -0.2) is 0 Å². The van der Waals surface area contributed by atoms with Crippen LogP contribution in [0.25, 0.3) is 33.4 Å². The third-order valence-electron chi connectivity index (χ3n) is 8.84. The first kappa shape index (κ1) is 30.9. The maximum atomic E-state index is 6.72. The van der Waals surface area contributed by atoms with Gasteiger partial charge in [0.05, 0.1) is 14.2 Å². The predicted octanol–water partition coefficient (Wildman–Crippen LogP) is 9.83. The van der Waals surface area contributed by atoms with Crippen molar-refractivity contribution in [3.05, 3.63) is 71.8 Å². The highest BCUT2D eigenvalue weighted by Gasteiger charge is 2.42. The van der Waals surface area contributed by atoms with Crippen molar-refractivity contribution in [3.8, 4) is 56.4 Å². The van der Waals surface area contributed by atoms with Crippen molar-refractivity contribution in [2.45, 2.75) is 65.7 Å². The van der Waals surface area contributed by atoms with Crippen molar-refractivity contribution in [1.82, 2.24) is 0 Å². The fourth-order valence-corrected chi connectivity index (χ4v) is 11.3. The molecular formula is C38H44O4P2. The van der Waals surface area contributed by atoms with Gasteiger partial charge in [0.2, 0.25) is 0 Å². The minimum atomic E-state index is -0.607. The number of ether oxygens (including phenoxy) is 4. The lowest BCUT2D eigenvalue weighted by molar-refractivity contribution is 0.399. The fourth-order valence-electron chi connectivity index (χ4n) is 6.56. The van der Waals surface area contributed by atoms with E-state index in [-0.39, 0.29) is 10.3 Å². The zero-order valence-corrected chi connectivity index (χ0v) is 29.5. The molecule has 2 heterocycles. The Balaban J connectivity index is 1.66. The van der Waals surface area contributed by atoms with Crippen LogP contribution >= 0.6 is 15.8 Å². The van der Waals surface area contributed by atoms with Crippen LogP contribution in [0.4, 0.5) is 0 Å². The van der Waals surface area contributed by atoms with Gasteiger partial charge in [-0.3, -0.25) is 0 Å². The molecule has 2 aliphatic rings. The lowest BCUT2D eigenvalue weighted by atomic mass is 9.93. The van der Waals surface area contributed by atoms with Gasteiger partial charge in [0, 0.05) is 32.9 Å². The number of methoxy groups -OCH3 is 2. The molecule has 6 heteroatoms. The van der Waals surface area contributed by atoms with Crippen molar-refractivity contribution < 1.29 is 18.9 Å². The summed E-state index contributed by atoms with van der Waals surface area (Å²) in [7, 11) is 2.28. The average Bonchev–Trinajstić information content (AvgIpc) is 3.63. The van der Waals surface area contributed by atoms with E-state index < -0.39 is 15.8 Å². The molecule has 4 aromatic rings. The molecule has 0 N–H and O–H groups in total. The van der Waals surface area contributed by atoms with Crippen molar-refractivity contribution in [2.75, 3.05) is 26.9 Å². The van der Waals surface area contributed by atoms with Crippen LogP contribution in [0.3, 0.4) is 0 Å². The Kier molecular flexibility index (Phi) is 8.01. The van der Waals surface area contributed by atoms with Gasteiger partial charge in [-0.1, -0.05) is 77.9 Å². The van der Waals surface area contributed by atoms with Crippen LogP contribution in [0.2, 0.25) is 0 Å². The number of benzene rings is 4. The molecule has 2 aliphatic heterocycles. The molecule has 0 amide bonds. The number of hydrogen-bond acceptors (Lipinski definition) is 4. The first-order chi connectivity index (χ1) is 20.9. The molecule has 0 aliphatic carbocycles. The van der Waals surface area contributed by atoms with E-state index in [0.29, 0.717) is 0 Å². The van der Waals surface area contributed by atoms with E-state index in [1.807, 2.05) is 12.1 Å². The van der Waals surface area contributed by atoms with E-state index >= 15 is 0 Å². The molecule has 4 nitrogen and oxygen atoms in total. The monoisotopic (exact) mass is 626 g/mol. The van der Waals surface area contributed by atoms with E-state index in [2.05, 4.69) is 104 Å². The first-order valence-corrected chi connectivity index (χ1v) is 18.4. The molecule has 0 unspecified atom stereocenters. The van der Waals surface area contributed by atoms with E-state index in [9.17, 15) is 0 Å². The van der Waals surface area contributed by atoms with Gasteiger partial charge >= 0.3 is 0 Å². The van der Waals surface area contributed by atoms with Gasteiger partial charge in [-0.2, -0.15) is 0 Å². The van der Waals surface area contributed by atoms with Crippen LogP contribution in [0.1, 0.15) is 52.7 Å². The second-order valence-electron chi connectivity index (χ2n) is 13.7. The number of hydrogen-bond donors (Lipinski definition) is 0. The van der Waals surface area contributed by atoms with Crippen molar-refractivity contribution >= 4 is 26.5 Å². The Morgan fingerprint density at radius 3 is 1.25 bits per heavy atom. The predicted molar refractivity (Wildman–Crippen MR) is 189 cm³/mol. The van der Waals surface area contributed by atoms with Gasteiger partial charge in [0.1, 0.15) is 35.7 Å². The highest BCUT2D eigenvalue weighted by molar-refractivity contribution is 7.68. The summed E-state index contributed by atoms with van der Waals surface area (Å²) in [5, 5.41) is 2.86. The highest BCUT2D eigenvalue weighted by atomic mass is 31.1. The van der Waals surface area contributed by atoms with Crippen molar-refractivity contribution in [2.24, 2.45) is 0 Å². The Bertz CT molecular complexity index is 1620. The average molecular weight is 627 g/mol. The van der Waals surface area contributed by atoms with E-state index in [1.165, 1.54) is 32.9 Å². The number of rotatable bonds is 5. The van der Waals surface area contributed by atoms with Crippen LogP contribution in [-0.2, 0) is 0 Å². The van der Waals surface area contributed by atoms with E-state index in [0.717, 1.165) is 57.9 Å². The summed E-state index contributed by atoms with van der Waals surface area (Å²) in [5.74, 6) is 3.76. The zero-order valence-electron chi connectivity index (χ0n) is 27.7. The summed E-state index contributed by atoms with van der Waals surface area (Å²) in [6.45, 7) is 18.4. The topological polar surface area (TPSA) is 36.9 Å². The van der Waals surface area contributed by atoms with Crippen LogP contribution in [0.5, 0.6) is 23.0 Å². The second kappa shape index (κ2) is 11.4. The molecule has 44 heavy (non-hydrogen) atoms. The molecule has 0 radical (unpaired) electrons. The quantitative estimate of drug-likeness (QED) is 0.207. The molecule has 0 saturated heterocycles. The van der Waals surface area contributed by atoms with Gasteiger partial charge in [-0.15, -0.1) is 0 Å². The van der Waals surface area contributed by atoms with E-state index in [4.69, 9.17) is 18.9 Å². The Morgan fingerprint density at radius 2 is 0.909 bits per heavy atom. The minimum Gasteiger partial charge on any atom is -0.496 e. The molecule has 0 aromatic heterocycles. The van der Waals surface area contributed by atoms with Gasteiger partial charge < -0.3 is 18.9 Å². The summed E-state index contributed by atoms with van der Waals surface area (Å²) >= 11 is 0. The molecule has 0 saturated carbocycles. The standard InChI is InChI=1S/C38H44O4P2/c1-23-13-11-15-29(39-9)31(23)27-19-17-25(35-33(27)41-21-43(35)37(3,4)5)26-18-20-28(32-24(2)14-12-16-30(32)40-10)34-36(26)44(22-42-34)38(6,7)8/h11-20H,21-22H2,1-10H3/t43-,44-/m1/s1. The minimum absolute atomic E-state index is 0.0761. The Hall–Kier alpha value is -3.06. The number of fused-ring (bicyclic) bond motifs is 2. The van der Waals surface area contributed by atoms with Crippen molar-refractivity contribution in [3.63, 3.8) is 0 Å². The summed E-state index contributed by atoms with van der Waals surface area (Å²) in [4.78, 5) is 0. The third-order valence-corrected chi connectivity index (χ3v) is 14.8. The summed E-state index contributed by atoms with van der Waals surface area (Å²) in [6.07, 6.45) is 1.44. The molecular weight excluding hydrogens is 582 g/mol. The van der Waals surface area contributed by atoms with E-state index in [1.54, 1.807) is 14.2 Å². The fraction of sp³-hybridized carbons (Fsp3) is 0.368. The lowest BCUT2D eigenvalue weighted by Gasteiger charge is -2.30. The number of aryl methyl sites for hydroxylation is 2. The molecule has 2 atom stereocenters. The van der Waals surface area contributed by atoms with Gasteiger partial charge in [0.15, 0.2) is 0 Å². The van der Waals surface area contributed by atoms with Crippen LogP contribution < -0.4 is 29.6 Å². The summed E-state index contributed by atoms with van der Waals surface area (Å²) < 4.78 is 25.2. The summed E-state index contributed by atoms with van der Waals surface area (Å²) in [5.41, 5.74) is 9.34. The Labute approximate surface area is 265 Å². The molecule has 0 bridgehead atoms. The lowest BCUT2D eigenvalue weighted by Crippen LogP contribution is -2.22. The maximum absolute atomic E-state index is 6.72. The largest absolute Gasteiger partial charge is 0.496 e. The van der Waals surface area contributed by atoms with Crippen LogP contribution in [-0.4, -0.2) is 37.2 Å². The normalized spacial score (nSPS) is 17.5. The molecule has 230 valence electrons. The van der Waals surface area contributed by atoms with Crippen molar-refractivity contribution in [1.29, 1.82) is 0 Å². The SMILES string of the molecule is COc1cccc(C)c1-c1ccc(-c2ccc(-c3c(C)cccc3OC)c3c2[P@](C(C)(C)C)CO3)c2c1OC[P@@]2C(C)(C)C. The van der Waals surface area contributed by atoms with Gasteiger partial charge in [-0.05, 0) is 86.5 Å². The smallest absolute Gasteiger partial charge is 0.136 e. The molecule has 4 aromatic carbocycles. The van der Waals surface area contributed by atoms with Crippen LogP contribution in [0, 0.1) is 13.8 Å². The molecule has 0 fully saturated rings. The first-order valence-electron chi connectivity index (χ1n) is 15.3. The zero-order chi connectivity index (χ0) is 31.6. The molecule has 0 spiro atoms.